The van der Waals surface area contributed by atoms with Gasteiger partial charge in [0, 0.05) is 5.57 Å². The third-order valence-electron chi connectivity index (χ3n) is 2.11. The Hall–Kier alpha value is -1.05. The summed E-state index contributed by atoms with van der Waals surface area (Å²) in [4.78, 5) is 11.7. The van der Waals surface area contributed by atoms with Gasteiger partial charge in [-0.15, -0.1) is 0 Å². The molecular formula is C15H29NO. The van der Waals surface area contributed by atoms with E-state index in [1.165, 1.54) is 0 Å². The van der Waals surface area contributed by atoms with Crippen molar-refractivity contribution in [2.45, 2.75) is 60.9 Å². The molecule has 1 amide bonds. The van der Waals surface area contributed by atoms with Crippen molar-refractivity contribution in [3.63, 3.8) is 0 Å². The Balaban J connectivity index is 0. The molecule has 0 saturated carbocycles. The first-order chi connectivity index (χ1) is 7.92. The molecule has 0 aromatic carbocycles. The molecule has 100 valence electrons. The Kier molecular flexibility index (Phi) is 9.73. The zero-order chi connectivity index (χ0) is 14.1. The van der Waals surface area contributed by atoms with Gasteiger partial charge in [0.2, 0.25) is 5.91 Å². The lowest BCUT2D eigenvalue weighted by atomic mass is 10.0. The molecule has 1 aliphatic heterocycles. The average molecular weight is 239 g/mol. The normalized spacial score (nSPS) is 16.8. The first-order valence-corrected chi connectivity index (χ1v) is 6.64. The molecular weight excluding hydrogens is 210 g/mol. The molecule has 0 aliphatic carbocycles. The van der Waals surface area contributed by atoms with E-state index in [1.54, 1.807) is 0 Å². The van der Waals surface area contributed by atoms with Gasteiger partial charge in [-0.05, 0) is 19.8 Å². The fourth-order valence-electron chi connectivity index (χ4n) is 1.33. The summed E-state index contributed by atoms with van der Waals surface area (Å²) in [6, 6.07) is 0. The van der Waals surface area contributed by atoms with Crippen molar-refractivity contribution in [1.82, 2.24) is 5.32 Å². The predicted octanol–water partition coefficient (Wildman–Crippen LogP) is 4.09. The second-order valence-corrected chi connectivity index (χ2v) is 4.31. The lowest BCUT2D eigenvalue weighted by Crippen LogP contribution is -2.42. The van der Waals surface area contributed by atoms with Crippen LogP contribution in [0.3, 0.4) is 0 Å². The fraction of sp³-hybridized carbons (Fsp3) is 0.667. The van der Waals surface area contributed by atoms with Gasteiger partial charge < -0.3 is 5.32 Å². The zero-order valence-corrected chi connectivity index (χ0v) is 12.7. The maximum absolute atomic E-state index is 11.7. The molecule has 0 aromatic heterocycles. The predicted molar refractivity (Wildman–Crippen MR) is 77.0 cm³/mol. The lowest BCUT2D eigenvalue weighted by Gasteiger charge is -2.22. The number of allylic oxidation sites excluding steroid dienone is 2. The topological polar surface area (TPSA) is 29.1 Å². The van der Waals surface area contributed by atoms with Crippen LogP contribution in [0.1, 0.15) is 55.4 Å². The van der Waals surface area contributed by atoms with Gasteiger partial charge in [0.15, 0.2) is 0 Å². The molecule has 0 radical (unpaired) electrons. The van der Waals surface area contributed by atoms with E-state index in [-0.39, 0.29) is 17.4 Å². The van der Waals surface area contributed by atoms with E-state index in [9.17, 15) is 4.79 Å². The largest absolute Gasteiger partial charge is 0.344 e. The SMILES string of the molecule is CC.CC.CC(C)C1=CC=CC(C)(C)NC1=O. The fourth-order valence-corrected chi connectivity index (χ4v) is 1.33. The molecule has 1 N–H and O–H groups in total. The Morgan fingerprint density at radius 3 is 2.00 bits per heavy atom. The van der Waals surface area contributed by atoms with Crippen LogP contribution in [0.25, 0.3) is 0 Å². The molecule has 2 heteroatoms. The number of amides is 1. The van der Waals surface area contributed by atoms with Crippen molar-refractivity contribution in [2.75, 3.05) is 0 Å². The molecule has 17 heavy (non-hydrogen) atoms. The van der Waals surface area contributed by atoms with Gasteiger partial charge in [-0.25, -0.2) is 0 Å². The number of nitrogens with one attached hydrogen (secondary N) is 1. The Labute approximate surface area is 107 Å². The molecule has 0 saturated heterocycles. The van der Waals surface area contributed by atoms with Crippen molar-refractivity contribution in [3.8, 4) is 0 Å². The van der Waals surface area contributed by atoms with Crippen LogP contribution in [0.2, 0.25) is 0 Å². The van der Waals surface area contributed by atoms with Crippen molar-refractivity contribution < 1.29 is 4.79 Å². The molecule has 0 aromatic rings. The molecule has 0 fully saturated rings. The van der Waals surface area contributed by atoms with Gasteiger partial charge in [0.25, 0.3) is 0 Å². The number of carbonyl (C=O) groups is 1. The monoisotopic (exact) mass is 239 g/mol. The van der Waals surface area contributed by atoms with E-state index >= 15 is 0 Å². The lowest BCUT2D eigenvalue weighted by molar-refractivity contribution is -0.118. The Morgan fingerprint density at radius 2 is 1.59 bits per heavy atom. The average Bonchev–Trinajstić information content (AvgIpc) is 2.41. The second kappa shape index (κ2) is 9.03. The summed E-state index contributed by atoms with van der Waals surface area (Å²) in [5, 5.41) is 2.96. The summed E-state index contributed by atoms with van der Waals surface area (Å²) in [5.74, 6) is 0.323. The minimum atomic E-state index is -0.232. The minimum Gasteiger partial charge on any atom is -0.344 e. The van der Waals surface area contributed by atoms with Crippen LogP contribution < -0.4 is 5.32 Å². The number of carbonyl (C=O) groups excluding carboxylic acids is 1. The van der Waals surface area contributed by atoms with Crippen molar-refractivity contribution in [2.24, 2.45) is 5.92 Å². The summed E-state index contributed by atoms with van der Waals surface area (Å²) in [5.41, 5.74) is 0.617. The van der Waals surface area contributed by atoms with E-state index in [0.717, 1.165) is 5.57 Å². The van der Waals surface area contributed by atoms with Crippen LogP contribution in [0.15, 0.2) is 23.8 Å². The van der Waals surface area contributed by atoms with E-state index in [0.29, 0.717) is 0 Å². The second-order valence-electron chi connectivity index (χ2n) is 4.31. The third kappa shape index (κ3) is 6.98. The molecule has 0 atom stereocenters. The molecule has 0 spiro atoms. The van der Waals surface area contributed by atoms with Gasteiger partial charge in [0.1, 0.15) is 0 Å². The van der Waals surface area contributed by atoms with Crippen LogP contribution in [0.5, 0.6) is 0 Å². The van der Waals surface area contributed by atoms with Crippen molar-refractivity contribution in [3.05, 3.63) is 23.8 Å². The highest BCUT2D eigenvalue weighted by Gasteiger charge is 2.22. The Morgan fingerprint density at radius 1 is 1.12 bits per heavy atom. The summed E-state index contributed by atoms with van der Waals surface area (Å²) >= 11 is 0. The number of hydrogen-bond acceptors (Lipinski definition) is 1. The van der Waals surface area contributed by atoms with Gasteiger partial charge >= 0.3 is 0 Å². The standard InChI is InChI=1S/C11H17NO.2C2H6/c1-8(2)9-6-5-7-11(3,4)12-10(9)13;2*1-2/h5-8H,1-4H3,(H,12,13);2*1-2H3. The number of rotatable bonds is 1. The van der Waals surface area contributed by atoms with Gasteiger partial charge in [0.05, 0.1) is 5.54 Å². The maximum atomic E-state index is 11.7. The van der Waals surface area contributed by atoms with Crippen LogP contribution in [0, 0.1) is 5.92 Å². The first kappa shape index (κ1) is 18.3. The highest BCUT2D eigenvalue weighted by molar-refractivity contribution is 5.95. The zero-order valence-electron chi connectivity index (χ0n) is 12.7. The van der Waals surface area contributed by atoms with E-state index in [1.807, 2.05) is 73.6 Å². The van der Waals surface area contributed by atoms with Gasteiger partial charge in [-0.2, -0.15) is 0 Å². The van der Waals surface area contributed by atoms with Crippen LogP contribution >= 0.6 is 0 Å². The highest BCUT2D eigenvalue weighted by atomic mass is 16.1. The van der Waals surface area contributed by atoms with E-state index in [2.05, 4.69) is 5.32 Å². The molecule has 0 unspecified atom stereocenters. The summed E-state index contributed by atoms with van der Waals surface area (Å²) < 4.78 is 0. The molecule has 2 nitrogen and oxygen atoms in total. The van der Waals surface area contributed by atoms with Gasteiger partial charge in [-0.3, -0.25) is 4.79 Å². The number of hydrogen-bond donors (Lipinski definition) is 1. The quantitative estimate of drug-likeness (QED) is 0.734. The Bertz CT molecular complexity index is 273. The molecule has 1 rings (SSSR count). The van der Waals surface area contributed by atoms with Crippen molar-refractivity contribution in [1.29, 1.82) is 0 Å². The maximum Gasteiger partial charge on any atom is 0.248 e. The molecule has 0 bridgehead atoms. The van der Waals surface area contributed by atoms with E-state index < -0.39 is 0 Å². The third-order valence-corrected chi connectivity index (χ3v) is 2.11. The first-order valence-electron chi connectivity index (χ1n) is 6.64. The summed E-state index contributed by atoms with van der Waals surface area (Å²) in [6.07, 6.45) is 5.85. The van der Waals surface area contributed by atoms with Crippen LogP contribution in [-0.2, 0) is 4.79 Å². The van der Waals surface area contributed by atoms with Crippen molar-refractivity contribution >= 4 is 5.91 Å². The van der Waals surface area contributed by atoms with Crippen LogP contribution in [0.4, 0.5) is 0 Å². The summed E-state index contributed by atoms with van der Waals surface area (Å²) in [7, 11) is 0. The molecule has 1 aliphatic rings. The smallest absolute Gasteiger partial charge is 0.248 e. The highest BCUT2D eigenvalue weighted by Crippen LogP contribution is 2.16. The summed E-state index contributed by atoms with van der Waals surface area (Å²) in [6.45, 7) is 16.0. The van der Waals surface area contributed by atoms with Crippen LogP contribution in [-0.4, -0.2) is 11.4 Å². The molecule has 1 heterocycles. The van der Waals surface area contributed by atoms with Gasteiger partial charge in [-0.1, -0.05) is 59.8 Å². The minimum absolute atomic E-state index is 0.0463. The van der Waals surface area contributed by atoms with E-state index in [4.69, 9.17) is 0 Å².